The maximum atomic E-state index is 9.56. The Morgan fingerprint density at radius 3 is 2.53 bits per heavy atom. The number of rotatable bonds is 3. The summed E-state index contributed by atoms with van der Waals surface area (Å²) in [5.74, 6) is -0.753. The van der Waals surface area contributed by atoms with Gasteiger partial charge in [0.2, 0.25) is 0 Å². The SMILES string of the molecule is CC1(C)OC(C=C(Br)Br)[C@@H](C(O)CO)O1. The molecule has 3 atom stereocenters. The number of ether oxygens (including phenoxy) is 2. The van der Waals surface area contributed by atoms with Gasteiger partial charge in [-0.15, -0.1) is 0 Å². The van der Waals surface area contributed by atoms with Crippen molar-refractivity contribution in [1.82, 2.24) is 0 Å². The molecule has 0 aromatic heterocycles. The first kappa shape index (κ1) is 13.6. The van der Waals surface area contributed by atoms with Crippen molar-refractivity contribution >= 4 is 31.9 Å². The van der Waals surface area contributed by atoms with Gasteiger partial charge >= 0.3 is 0 Å². The van der Waals surface area contributed by atoms with E-state index in [2.05, 4.69) is 31.9 Å². The summed E-state index contributed by atoms with van der Waals surface area (Å²) < 4.78 is 11.8. The van der Waals surface area contributed by atoms with Crippen molar-refractivity contribution < 1.29 is 19.7 Å². The Hall–Kier alpha value is 0.540. The van der Waals surface area contributed by atoms with Gasteiger partial charge < -0.3 is 19.7 Å². The molecule has 4 nitrogen and oxygen atoms in total. The summed E-state index contributed by atoms with van der Waals surface area (Å²) in [5, 5.41) is 18.4. The lowest BCUT2D eigenvalue weighted by Crippen LogP contribution is -2.37. The lowest BCUT2D eigenvalue weighted by atomic mass is 10.1. The van der Waals surface area contributed by atoms with Crippen LogP contribution in [0.15, 0.2) is 9.47 Å². The smallest absolute Gasteiger partial charge is 0.164 e. The third-order valence-corrected chi connectivity index (χ3v) is 2.55. The molecule has 1 heterocycles. The molecule has 1 aliphatic rings. The quantitative estimate of drug-likeness (QED) is 0.813. The normalized spacial score (nSPS) is 31.3. The summed E-state index contributed by atoms with van der Waals surface area (Å²) in [6.45, 7) is 3.18. The van der Waals surface area contributed by atoms with Crippen LogP contribution >= 0.6 is 31.9 Å². The maximum Gasteiger partial charge on any atom is 0.164 e. The molecule has 88 valence electrons. The van der Waals surface area contributed by atoms with Crippen LogP contribution in [0.2, 0.25) is 0 Å². The Kier molecular flexibility index (Phi) is 4.76. The number of aliphatic hydroxyl groups is 2. The molecule has 0 saturated carbocycles. The third-order valence-electron chi connectivity index (χ3n) is 2.02. The van der Waals surface area contributed by atoms with Gasteiger partial charge in [-0.3, -0.25) is 0 Å². The summed E-state index contributed by atoms with van der Waals surface area (Å²) >= 11 is 6.44. The second-order valence-electron chi connectivity index (χ2n) is 3.77. The van der Waals surface area contributed by atoms with E-state index in [1.54, 1.807) is 19.9 Å². The lowest BCUT2D eigenvalue weighted by molar-refractivity contribution is -0.155. The van der Waals surface area contributed by atoms with Crippen molar-refractivity contribution in [3.05, 3.63) is 9.47 Å². The second-order valence-corrected chi connectivity index (χ2v) is 6.54. The van der Waals surface area contributed by atoms with Gasteiger partial charge in [0.1, 0.15) is 18.3 Å². The molecule has 6 heteroatoms. The van der Waals surface area contributed by atoms with E-state index in [4.69, 9.17) is 14.6 Å². The van der Waals surface area contributed by atoms with Crippen molar-refractivity contribution in [2.45, 2.75) is 37.9 Å². The van der Waals surface area contributed by atoms with E-state index in [1.807, 2.05) is 0 Å². The predicted molar refractivity (Wildman–Crippen MR) is 62.9 cm³/mol. The van der Waals surface area contributed by atoms with Crippen LogP contribution in [-0.2, 0) is 9.47 Å². The summed E-state index contributed by atoms with van der Waals surface area (Å²) in [5.41, 5.74) is 0. The van der Waals surface area contributed by atoms with Crippen molar-refractivity contribution in [1.29, 1.82) is 0 Å². The van der Waals surface area contributed by atoms with Crippen LogP contribution in [0, 0.1) is 0 Å². The molecule has 2 N–H and O–H groups in total. The van der Waals surface area contributed by atoms with E-state index in [1.165, 1.54) is 0 Å². The highest BCUT2D eigenvalue weighted by atomic mass is 79.9. The van der Waals surface area contributed by atoms with Crippen LogP contribution in [-0.4, -0.2) is 40.9 Å². The highest BCUT2D eigenvalue weighted by molar-refractivity contribution is 9.28. The zero-order valence-corrected chi connectivity index (χ0v) is 11.7. The van der Waals surface area contributed by atoms with E-state index in [0.717, 1.165) is 3.39 Å². The average molecular weight is 346 g/mol. The summed E-state index contributed by atoms with van der Waals surface area (Å²) in [4.78, 5) is 0. The molecule has 1 aliphatic heterocycles. The molecule has 0 aromatic carbocycles. The summed E-state index contributed by atoms with van der Waals surface area (Å²) in [6.07, 6.45) is -0.170. The van der Waals surface area contributed by atoms with Gasteiger partial charge in [0, 0.05) is 0 Å². The number of hydrogen-bond donors (Lipinski definition) is 2. The Bertz CT molecular complexity index is 250. The zero-order valence-electron chi connectivity index (χ0n) is 8.48. The van der Waals surface area contributed by atoms with Gasteiger partial charge in [0.15, 0.2) is 5.79 Å². The minimum Gasteiger partial charge on any atom is -0.394 e. The molecule has 0 amide bonds. The van der Waals surface area contributed by atoms with Crippen LogP contribution in [0.25, 0.3) is 0 Å². The number of aliphatic hydroxyl groups excluding tert-OH is 2. The molecule has 0 bridgehead atoms. The van der Waals surface area contributed by atoms with Crippen LogP contribution in [0.4, 0.5) is 0 Å². The van der Waals surface area contributed by atoms with Gasteiger partial charge in [-0.1, -0.05) is 0 Å². The Morgan fingerprint density at radius 2 is 2.07 bits per heavy atom. The van der Waals surface area contributed by atoms with Crippen LogP contribution in [0.3, 0.4) is 0 Å². The fourth-order valence-electron chi connectivity index (χ4n) is 1.47. The molecule has 2 unspecified atom stereocenters. The Balaban J connectivity index is 2.79. The molecule has 1 fully saturated rings. The maximum absolute atomic E-state index is 9.56. The largest absolute Gasteiger partial charge is 0.394 e. The minimum absolute atomic E-state index is 0.353. The van der Waals surface area contributed by atoms with Crippen molar-refractivity contribution in [2.75, 3.05) is 6.61 Å². The van der Waals surface area contributed by atoms with Gasteiger partial charge in [-0.25, -0.2) is 0 Å². The third kappa shape index (κ3) is 3.80. The van der Waals surface area contributed by atoms with E-state index in [0.29, 0.717) is 0 Å². The molecule has 15 heavy (non-hydrogen) atoms. The fraction of sp³-hybridized carbons (Fsp3) is 0.778. The van der Waals surface area contributed by atoms with Gasteiger partial charge in [-0.2, -0.15) is 0 Å². The van der Waals surface area contributed by atoms with Gasteiger partial charge in [0.05, 0.1) is 10.00 Å². The van der Waals surface area contributed by atoms with Crippen molar-refractivity contribution in [3.63, 3.8) is 0 Å². The highest BCUT2D eigenvalue weighted by Gasteiger charge is 2.43. The Labute approximate surface area is 106 Å². The first-order valence-electron chi connectivity index (χ1n) is 4.53. The van der Waals surface area contributed by atoms with E-state index < -0.39 is 24.1 Å². The Morgan fingerprint density at radius 1 is 1.47 bits per heavy atom. The number of hydrogen-bond acceptors (Lipinski definition) is 4. The van der Waals surface area contributed by atoms with E-state index in [-0.39, 0.29) is 6.61 Å². The average Bonchev–Trinajstić information content (AvgIpc) is 2.38. The first-order chi connectivity index (χ1) is 6.85. The molecule has 0 aliphatic carbocycles. The lowest BCUT2D eigenvalue weighted by Gasteiger charge is -2.19. The molecular weight excluding hydrogens is 332 g/mol. The van der Waals surface area contributed by atoms with Crippen molar-refractivity contribution in [2.24, 2.45) is 0 Å². The van der Waals surface area contributed by atoms with Crippen molar-refractivity contribution in [3.8, 4) is 0 Å². The molecule has 0 radical (unpaired) electrons. The molecule has 0 spiro atoms. The summed E-state index contributed by atoms with van der Waals surface area (Å²) in [6, 6.07) is 0. The number of halogens is 2. The first-order valence-corrected chi connectivity index (χ1v) is 6.11. The van der Waals surface area contributed by atoms with E-state index in [9.17, 15) is 5.11 Å². The van der Waals surface area contributed by atoms with Gasteiger partial charge in [0.25, 0.3) is 0 Å². The molecule has 1 rings (SSSR count). The predicted octanol–water partition coefficient (Wildman–Crippen LogP) is 1.49. The fourth-order valence-corrected chi connectivity index (χ4v) is 1.99. The van der Waals surface area contributed by atoms with Crippen LogP contribution in [0.5, 0.6) is 0 Å². The second kappa shape index (κ2) is 5.25. The summed E-state index contributed by atoms with van der Waals surface area (Å²) in [7, 11) is 0. The van der Waals surface area contributed by atoms with Crippen LogP contribution < -0.4 is 0 Å². The molecule has 1 saturated heterocycles. The van der Waals surface area contributed by atoms with Crippen LogP contribution in [0.1, 0.15) is 13.8 Å². The van der Waals surface area contributed by atoms with Gasteiger partial charge in [-0.05, 0) is 51.8 Å². The highest BCUT2D eigenvalue weighted by Crippen LogP contribution is 2.32. The minimum atomic E-state index is -0.952. The van der Waals surface area contributed by atoms with E-state index >= 15 is 0 Å². The standard InChI is InChI=1S/C9H14Br2O4/c1-9(2)14-6(3-7(10)11)8(15-9)5(13)4-12/h3,5-6,8,12-13H,4H2,1-2H3/t5?,6?,8-/m1/s1. The monoisotopic (exact) mass is 344 g/mol. The molecular formula is C9H14Br2O4. The topological polar surface area (TPSA) is 58.9 Å². The molecule has 0 aromatic rings. The zero-order chi connectivity index (χ0) is 11.6.